The number of hydrogen-bond acceptors (Lipinski definition) is 7. The monoisotopic (exact) mass is 356 g/mol. The molecule has 134 valence electrons. The van der Waals surface area contributed by atoms with Crippen LogP contribution in [0.1, 0.15) is 24.1 Å². The highest BCUT2D eigenvalue weighted by Crippen LogP contribution is 2.27. The van der Waals surface area contributed by atoms with Crippen LogP contribution in [0.4, 0.5) is 11.5 Å². The predicted molar refractivity (Wildman–Crippen MR) is 91.5 cm³/mol. The van der Waals surface area contributed by atoms with Crippen LogP contribution in [0.25, 0.3) is 11.1 Å². The minimum Gasteiger partial charge on any atom is -0.405 e. The third-order valence-electron chi connectivity index (χ3n) is 4.45. The Kier molecular flexibility index (Phi) is 3.79. The lowest BCUT2D eigenvalue weighted by Crippen LogP contribution is -2.28. The Morgan fingerprint density at radius 3 is 2.88 bits per heavy atom. The first-order valence-electron chi connectivity index (χ1n) is 8.17. The van der Waals surface area contributed by atoms with Gasteiger partial charge in [0.2, 0.25) is 5.91 Å². The summed E-state index contributed by atoms with van der Waals surface area (Å²) in [6.45, 7) is -0.240. The van der Waals surface area contributed by atoms with Crippen molar-refractivity contribution in [2.45, 2.75) is 25.8 Å². The molecule has 26 heavy (non-hydrogen) atoms. The number of hydrogen-bond donors (Lipinski definition) is 2. The topological polar surface area (TPSA) is 138 Å². The van der Waals surface area contributed by atoms with Crippen molar-refractivity contribution < 1.29 is 14.0 Å². The number of nitrogen functional groups attached to an aromatic ring is 1. The number of rotatable bonds is 4. The Morgan fingerprint density at radius 2 is 2.15 bits per heavy atom. The Morgan fingerprint density at radius 1 is 1.35 bits per heavy atom. The average molecular weight is 356 g/mol. The molecule has 10 nitrogen and oxygen atoms in total. The van der Waals surface area contributed by atoms with Crippen molar-refractivity contribution >= 4 is 34.4 Å². The van der Waals surface area contributed by atoms with Crippen molar-refractivity contribution in [2.24, 2.45) is 5.92 Å². The summed E-state index contributed by atoms with van der Waals surface area (Å²) in [5, 5.41) is 10.3. The molecule has 0 radical (unpaired) electrons. The number of para-hydroxylation sites is 1. The van der Waals surface area contributed by atoms with Gasteiger partial charge >= 0.3 is 5.76 Å². The van der Waals surface area contributed by atoms with Gasteiger partial charge in [-0.25, -0.2) is 14.0 Å². The smallest absolute Gasteiger partial charge is 0.405 e. The zero-order valence-electron chi connectivity index (χ0n) is 13.7. The average Bonchev–Trinajstić information content (AvgIpc) is 3.09. The van der Waals surface area contributed by atoms with Crippen LogP contribution >= 0.6 is 0 Å². The van der Waals surface area contributed by atoms with E-state index < -0.39 is 11.7 Å². The molecule has 2 heterocycles. The predicted octanol–water partition coefficient (Wildman–Crippen LogP) is 0.847. The second-order valence-corrected chi connectivity index (χ2v) is 6.21. The first kappa shape index (κ1) is 16.1. The van der Waals surface area contributed by atoms with Gasteiger partial charge in [0.25, 0.3) is 5.91 Å². The number of nitrogens with one attached hydrogen (secondary N) is 1. The SMILES string of the molecule is Nc1cccc2c1oc(=O)n2C(=O)Cn1cc(NC(=O)C2CCC2)nn1. The van der Waals surface area contributed by atoms with Gasteiger partial charge in [-0.05, 0) is 25.0 Å². The Balaban J connectivity index is 1.52. The van der Waals surface area contributed by atoms with E-state index in [2.05, 4.69) is 15.6 Å². The summed E-state index contributed by atoms with van der Waals surface area (Å²) >= 11 is 0. The first-order valence-corrected chi connectivity index (χ1v) is 8.17. The van der Waals surface area contributed by atoms with Crippen LogP contribution in [0.2, 0.25) is 0 Å². The van der Waals surface area contributed by atoms with Crippen LogP contribution in [0, 0.1) is 5.92 Å². The summed E-state index contributed by atoms with van der Waals surface area (Å²) < 4.78 is 7.20. The van der Waals surface area contributed by atoms with Gasteiger partial charge in [0, 0.05) is 5.92 Å². The van der Waals surface area contributed by atoms with Gasteiger partial charge in [0.05, 0.1) is 11.9 Å². The molecule has 1 aliphatic rings. The summed E-state index contributed by atoms with van der Waals surface area (Å²) in [5.41, 5.74) is 6.48. The number of aromatic nitrogens is 4. The van der Waals surface area contributed by atoms with Crippen LogP contribution < -0.4 is 16.8 Å². The fraction of sp³-hybridized carbons (Fsp3) is 0.312. The molecule has 10 heteroatoms. The minimum atomic E-state index is -0.818. The molecule has 0 saturated heterocycles. The highest BCUT2D eigenvalue weighted by atomic mass is 16.4. The largest absolute Gasteiger partial charge is 0.427 e. The summed E-state index contributed by atoms with van der Waals surface area (Å²) in [5.74, 6) is -1.18. The highest BCUT2D eigenvalue weighted by molar-refractivity contribution is 5.94. The third kappa shape index (κ3) is 2.75. The van der Waals surface area contributed by atoms with Crippen molar-refractivity contribution in [3.05, 3.63) is 34.9 Å². The molecule has 3 N–H and O–H groups in total. The summed E-state index contributed by atoms with van der Waals surface area (Å²) in [4.78, 5) is 36.4. The fourth-order valence-corrected chi connectivity index (χ4v) is 2.84. The zero-order chi connectivity index (χ0) is 18.3. The third-order valence-corrected chi connectivity index (χ3v) is 4.45. The molecule has 0 bridgehead atoms. The lowest BCUT2D eigenvalue weighted by atomic mass is 9.85. The lowest BCUT2D eigenvalue weighted by molar-refractivity contribution is -0.122. The van der Waals surface area contributed by atoms with E-state index in [1.807, 2.05) is 0 Å². The number of fused-ring (bicyclic) bond motifs is 1. The van der Waals surface area contributed by atoms with E-state index in [-0.39, 0.29) is 35.5 Å². The number of carbonyl (C=O) groups excluding carboxylic acids is 2. The van der Waals surface area contributed by atoms with Crippen molar-refractivity contribution in [3.63, 3.8) is 0 Å². The molecule has 0 atom stereocenters. The van der Waals surface area contributed by atoms with Crippen molar-refractivity contribution in [2.75, 3.05) is 11.1 Å². The van der Waals surface area contributed by atoms with Gasteiger partial charge in [-0.15, -0.1) is 5.10 Å². The maximum atomic E-state index is 12.5. The van der Waals surface area contributed by atoms with Crippen LogP contribution in [0.15, 0.2) is 33.6 Å². The highest BCUT2D eigenvalue weighted by Gasteiger charge is 2.26. The molecule has 1 amide bonds. The molecular weight excluding hydrogens is 340 g/mol. The molecule has 1 aliphatic carbocycles. The summed E-state index contributed by atoms with van der Waals surface area (Å²) in [7, 11) is 0. The molecule has 2 aromatic heterocycles. The molecular formula is C16H16N6O4. The Labute approximate surface area is 146 Å². The first-order chi connectivity index (χ1) is 12.5. The number of anilines is 2. The number of nitrogens with zero attached hydrogens (tertiary/aromatic N) is 4. The van der Waals surface area contributed by atoms with Crippen LogP contribution in [-0.2, 0) is 11.3 Å². The van der Waals surface area contributed by atoms with Gasteiger partial charge in [-0.2, -0.15) is 0 Å². The van der Waals surface area contributed by atoms with Gasteiger partial charge in [0.1, 0.15) is 12.1 Å². The molecule has 0 spiro atoms. The molecule has 1 fully saturated rings. The zero-order valence-corrected chi connectivity index (χ0v) is 13.7. The summed E-state index contributed by atoms with van der Waals surface area (Å²) in [6.07, 6.45) is 4.24. The van der Waals surface area contributed by atoms with E-state index in [0.717, 1.165) is 23.8 Å². The van der Waals surface area contributed by atoms with Gasteiger partial charge in [-0.3, -0.25) is 9.59 Å². The Hall–Kier alpha value is -3.43. The van der Waals surface area contributed by atoms with Crippen molar-refractivity contribution in [3.8, 4) is 0 Å². The molecule has 4 rings (SSSR count). The van der Waals surface area contributed by atoms with E-state index in [9.17, 15) is 14.4 Å². The van der Waals surface area contributed by atoms with Crippen LogP contribution in [0.5, 0.6) is 0 Å². The normalized spacial score (nSPS) is 14.3. The van der Waals surface area contributed by atoms with E-state index >= 15 is 0 Å². The van der Waals surface area contributed by atoms with E-state index in [0.29, 0.717) is 5.52 Å². The number of nitrogens with two attached hydrogens (primary N) is 1. The number of benzene rings is 1. The van der Waals surface area contributed by atoms with E-state index in [1.54, 1.807) is 18.2 Å². The lowest BCUT2D eigenvalue weighted by Gasteiger charge is -2.23. The second-order valence-electron chi connectivity index (χ2n) is 6.21. The summed E-state index contributed by atoms with van der Waals surface area (Å²) in [6, 6.07) is 4.77. The number of carbonyl (C=O) groups is 2. The van der Waals surface area contributed by atoms with Crippen molar-refractivity contribution in [1.82, 2.24) is 19.6 Å². The van der Waals surface area contributed by atoms with Gasteiger partial charge in [-0.1, -0.05) is 17.7 Å². The Bertz CT molecular complexity index is 1060. The quantitative estimate of drug-likeness (QED) is 0.661. The van der Waals surface area contributed by atoms with E-state index in [1.165, 1.54) is 10.9 Å². The van der Waals surface area contributed by atoms with E-state index in [4.69, 9.17) is 10.2 Å². The second kappa shape index (κ2) is 6.14. The van der Waals surface area contributed by atoms with Gasteiger partial charge in [0.15, 0.2) is 11.4 Å². The fourth-order valence-electron chi connectivity index (χ4n) is 2.84. The van der Waals surface area contributed by atoms with Crippen molar-refractivity contribution in [1.29, 1.82) is 0 Å². The maximum Gasteiger partial charge on any atom is 0.427 e. The molecule has 0 unspecified atom stereocenters. The molecule has 0 aliphatic heterocycles. The standard InChI is InChI=1S/C16H16N6O4/c17-10-5-2-6-11-14(10)26-16(25)22(11)13(23)8-21-7-12(19-20-21)18-15(24)9-3-1-4-9/h2,5-7,9H,1,3-4,8,17H2,(H,18,24). The molecule has 1 saturated carbocycles. The molecule has 1 aromatic carbocycles. The van der Waals surface area contributed by atoms with Crippen LogP contribution in [0.3, 0.4) is 0 Å². The van der Waals surface area contributed by atoms with Crippen LogP contribution in [-0.4, -0.2) is 31.4 Å². The number of amides is 1. The number of oxazole rings is 1. The maximum absolute atomic E-state index is 12.5. The minimum absolute atomic E-state index is 0.0168. The molecule has 3 aromatic rings. The van der Waals surface area contributed by atoms with Gasteiger partial charge < -0.3 is 15.5 Å².